The topological polar surface area (TPSA) is 60.2 Å². The summed E-state index contributed by atoms with van der Waals surface area (Å²) in [5.74, 6) is 0.468. The first-order valence-electron chi connectivity index (χ1n) is 6.00. The number of thiazole rings is 1. The molecule has 4 nitrogen and oxygen atoms in total. The number of methoxy groups -OCH3 is 1. The molecular formula is C13H19N3OS. The van der Waals surface area contributed by atoms with E-state index in [4.69, 9.17) is 10.5 Å². The van der Waals surface area contributed by atoms with Gasteiger partial charge in [-0.05, 0) is 18.1 Å². The predicted octanol–water partition coefficient (Wildman–Crippen LogP) is 2.96. The lowest BCUT2D eigenvalue weighted by Gasteiger charge is -2.23. The highest BCUT2D eigenvalue weighted by molar-refractivity contribution is 7.16. The van der Waals surface area contributed by atoms with E-state index in [9.17, 15) is 0 Å². The number of aromatic nitrogens is 1. The summed E-state index contributed by atoms with van der Waals surface area (Å²) in [6.45, 7) is 4.98. The molecule has 98 valence electrons. The predicted molar refractivity (Wildman–Crippen MR) is 78.2 cm³/mol. The molecule has 0 fully saturated rings. The Labute approximate surface area is 111 Å². The Morgan fingerprint density at radius 1 is 1.44 bits per heavy atom. The zero-order valence-corrected chi connectivity index (χ0v) is 11.8. The number of hydrogen-bond acceptors (Lipinski definition) is 5. The minimum absolute atomic E-state index is 0.244. The van der Waals surface area contributed by atoms with Gasteiger partial charge in [-0.2, -0.15) is 0 Å². The third-order valence-corrected chi connectivity index (χ3v) is 3.83. The van der Waals surface area contributed by atoms with Gasteiger partial charge >= 0.3 is 0 Å². The molecule has 0 radical (unpaired) electrons. The molecule has 1 atom stereocenters. The average molecular weight is 265 g/mol. The molecular weight excluding hydrogens is 246 g/mol. The van der Waals surface area contributed by atoms with Crippen LogP contribution in [0, 0.1) is 5.92 Å². The van der Waals surface area contributed by atoms with E-state index >= 15 is 0 Å². The Morgan fingerprint density at radius 2 is 2.22 bits per heavy atom. The largest absolute Gasteiger partial charge is 0.395 e. The molecule has 0 saturated carbocycles. The Balaban J connectivity index is 2.27. The maximum atomic E-state index is 6.15. The van der Waals surface area contributed by atoms with E-state index in [1.54, 1.807) is 18.4 Å². The SMILES string of the molecule is COCC(Nc1ccc2scnc2c1N)C(C)C. The van der Waals surface area contributed by atoms with Crippen LogP contribution in [0.2, 0.25) is 0 Å². The monoisotopic (exact) mass is 265 g/mol. The molecule has 0 aliphatic rings. The molecule has 0 amide bonds. The molecule has 2 rings (SSSR count). The van der Waals surface area contributed by atoms with Crippen LogP contribution in [0.25, 0.3) is 10.2 Å². The lowest BCUT2D eigenvalue weighted by atomic mass is 10.0. The molecule has 2 aromatic rings. The van der Waals surface area contributed by atoms with Gasteiger partial charge in [0.05, 0.1) is 34.2 Å². The Kier molecular flexibility index (Phi) is 4.04. The van der Waals surface area contributed by atoms with Crippen LogP contribution in [0.3, 0.4) is 0 Å². The van der Waals surface area contributed by atoms with Crippen LogP contribution in [0.5, 0.6) is 0 Å². The van der Waals surface area contributed by atoms with E-state index in [0.29, 0.717) is 12.5 Å². The fourth-order valence-electron chi connectivity index (χ4n) is 1.86. The van der Waals surface area contributed by atoms with Crippen LogP contribution in [-0.4, -0.2) is 24.7 Å². The van der Waals surface area contributed by atoms with Gasteiger partial charge < -0.3 is 15.8 Å². The van der Waals surface area contributed by atoms with Crippen LogP contribution in [0.15, 0.2) is 17.6 Å². The molecule has 0 spiro atoms. The van der Waals surface area contributed by atoms with Crippen LogP contribution in [0.1, 0.15) is 13.8 Å². The van der Waals surface area contributed by atoms with E-state index in [2.05, 4.69) is 30.2 Å². The first-order valence-corrected chi connectivity index (χ1v) is 6.88. The van der Waals surface area contributed by atoms with Crippen molar-refractivity contribution in [3.8, 4) is 0 Å². The number of hydrogen-bond donors (Lipinski definition) is 2. The third-order valence-electron chi connectivity index (χ3n) is 3.03. The summed E-state index contributed by atoms with van der Waals surface area (Å²) >= 11 is 1.60. The summed E-state index contributed by atoms with van der Waals surface area (Å²) in [4.78, 5) is 4.30. The summed E-state index contributed by atoms with van der Waals surface area (Å²) in [6, 6.07) is 4.31. The van der Waals surface area contributed by atoms with Crippen molar-refractivity contribution < 1.29 is 4.74 Å². The Morgan fingerprint density at radius 3 is 2.89 bits per heavy atom. The third kappa shape index (κ3) is 2.57. The van der Waals surface area contributed by atoms with E-state index in [1.807, 2.05) is 11.6 Å². The number of anilines is 2. The smallest absolute Gasteiger partial charge is 0.106 e. The highest BCUT2D eigenvalue weighted by Gasteiger charge is 2.15. The molecule has 0 aliphatic heterocycles. The number of nitrogens with one attached hydrogen (secondary N) is 1. The van der Waals surface area contributed by atoms with Crippen LogP contribution < -0.4 is 11.1 Å². The standard InChI is InChI=1S/C13H19N3OS/c1-8(2)10(6-17-3)16-9-4-5-11-13(12(9)14)15-7-18-11/h4-5,7-8,10,16H,6,14H2,1-3H3. The molecule has 18 heavy (non-hydrogen) atoms. The fourth-order valence-corrected chi connectivity index (χ4v) is 2.55. The second-order valence-electron chi connectivity index (χ2n) is 4.68. The molecule has 5 heteroatoms. The highest BCUT2D eigenvalue weighted by atomic mass is 32.1. The van der Waals surface area contributed by atoms with Gasteiger partial charge in [0.1, 0.15) is 5.52 Å². The van der Waals surface area contributed by atoms with Crippen molar-refractivity contribution in [3.05, 3.63) is 17.6 Å². The molecule has 1 unspecified atom stereocenters. The molecule has 1 heterocycles. The number of fused-ring (bicyclic) bond motifs is 1. The van der Waals surface area contributed by atoms with E-state index < -0.39 is 0 Å². The minimum Gasteiger partial charge on any atom is -0.395 e. The van der Waals surface area contributed by atoms with Crippen LogP contribution >= 0.6 is 11.3 Å². The van der Waals surface area contributed by atoms with Gasteiger partial charge in [-0.1, -0.05) is 13.8 Å². The van der Waals surface area contributed by atoms with Crippen LogP contribution in [-0.2, 0) is 4.74 Å². The molecule has 0 bridgehead atoms. The van der Waals surface area contributed by atoms with Crippen molar-refractivity contribution in [1.82, 2.24) is 4.98 Å². The first kappa shape index (κ1) is 13.1. The molecule has 0 saturated heterocycles. The number of rotatable bonds is 5. The summed E-state index contributed by atoms with van der Waals surface area (Å²) in [5.41, 5.74) is 10.5. The number of benzene rings is 1. The van der Waals surface area contributed by atoms with Crippen molar-refractivity contribution in [2.75, 3.05) is 24.8 Å². The van der Waals surface area contributed by atoms with Gasteiger partial charge in [0, 0.05) is 7.11 Å². The summed E-state index contributed by atoms with van der Waals surface area (Å²) in [5, 5.41) is 3.44. The highest BCUT2D eigenvalue weighted by Crippen LogP contribution is 2.30. The van der Waals surface area contributed by atoms with Gasteiger partial charge in [-0.3, -0.25) is 0 Å². The van der Waals surface area contributed by atoms with E-state index in [1.165, 1.54) is 0 Å². The van der Waals surface area contributed by atoms with Crippen molar-refractivity contribution in [3.63, 3.8) is 0 Å². The maximum Gasteiger partial charge on any atom is 0.106 e. The summed E-state index contributed by atoms with van der Waals surface area (Å²) < 4.78 is 6.35. The number of nitrogens with two attached hydrogens (primary N) is 1. The van der Waals surface area contributed by atoms with Crippen molar-refractivity contribution in [2.24, 2.45) is 5.92 Å². The second kappa shape index (κ2) is 5.54. The van der Waals surface area contributed by atoms with Gasteiger partial charge in [0.25, 0.3) is 0 Å². The summed E-state index contributed by atoms with van der Waals surface area (Å²) in [7, 11) is 1.71. The second-order valence-corrected chi connectivity index (χ2v) is 5.56. The van der Waals surface area contributed by atoms with Crippen molar-refractivity contribution in [2.45, 2.75) is 19.9 Å². The quantitative estimate of drug-likeness (QED) is 0.816. The number of ether oxygens (including phenoxy) is 1. The number of nitrogen functional groups attached to an aromatic ring is 1. The van der Waals surface area contributed by atoms with Gasteiger partial charge in [0.15, 0.2) is 0 Å². The van der Waals surface area contributed by atoms with E-state index in [0.717, 1.165) is 21.6 Å². The summed E-state index contributed by atoms with van der Waals surface area (Å²) in [6.07, 6.45) is 0. The van der Waals surface area contributed by atoms with Gasteiger partial charge in [-0.15, -0.1) is 11.3 Å². The zero-order valence-electron chi connectivity index (χ0n) is 10.9. The lowest BCUT2D eigenvalue weighted by molar-refractivity contribution is 0.171. The minimum atomic E-state index is 0.244. The Hall–Kier alpha value is -1.33. The fraction of sp³-hybridized carbons (Fsp3) is 0.462. The normalized spacial score (nSPS) is 13.1. The number of nitrogens with zero attached hydrogens (tertiary/aromatic N) is 1. The average Bonchev–Trinajstić information content (AvgIpc) is 2.80. The van der Waals surface area contributed by atoms with Gasteiger partial charge in [0.2, 0.25) is 0 Å². The first-order chi connectivity index (χ1) is 8.63. The maximum absolute atomic E-state index is 6.15. The molecule has 3 N–H and O–H groups in total. The molecule has 1 aromatic carbocycles. The van der Waals surface area contributed by atoms with Crippen molar-refractivity contribution in [1.29, 1.82) is 0 Å². The molecule has 1 aromatic heterocycles. The van der Waals surface area contributed by atoms with E-state index in [-0.39, 0.29) is 6.04 Å². The lowest BCUT2D eigenvalue weighted by Crippen LogP contribution is -2.30. The zero-order chi connectivity index (χ0) is 13.1. The van der Waals surface area contributed by atoms with Gasteiger partial charge in [-0.25, -0.2) is 4.98 Å². The van der Waals surface area contributed by atoms with Crippen molar-refractivity contribution >= 4 is 32.9 Å². The molecule has 0 aliphatic carbocycles. The Bertz CT molecular complexity index is 524. The van der Waals surface area contributed by atoms with Crippen LogP contribution in [0.4, 0.5) is 11.4 Å².